The fourth-order valence-electron chi connectivity index (χ4n) is 2.07. The van der Waals surface area contributed by atoms with Gasteiger partial charge in [-0.3, -0.25) is 0 Å². The lowest BCUT2D eigenvalue weighted by atomic mass is 10.2. The van der Waals surface area contributed by atoms with Gasteiger partial charge in [-0.2, -0.15) is 0 Å². The molecule has 0 amide bonds. The summed E-state index contributed by atoms with van der Waals surface area (Å²) in [6, 6.07) is 8.38. The van der Waals surface area contributed by atoms with Crippen molar-refractivity contribution in [2.45, 2.75) is 25.3 Å². The van der Waals surface area contributed by atoms with Crippen molar-refractivity contribution in [3.63, 3.8) is 0 Å². The Balaban J connectivity index is 1.99. The highest BCUT2D eigenvalue weighted by Crippen LogP contribution is 2.44. The fraction of sp³-hybridized carbons (Fsp3) is 0.357. The highest BCUT2D eigenvalue weighted by atomic mass is 79.9. The Morgan fingerprint density at radius 1 is 1.44 bits per heavy atom. The molecular formula is C14H15BrN2S. The number of nitrogens with zero attached hydrogens (tertiary/aromatic N) is 1. The normalized spacial score (nSPS) is 15.0. The summed E-state index contributed by atoms with van der Waals surface area (Å²) < 4.78 is 1.11. The second kappa shape index (κ2) is 5.11. The Morgan fingerprint density at radius 2 is 2.28 bits per heavy atom. The molecule has 3 rings (SSSR count). The van der Waals surface area contributed by atoms with Gasteiger partial charge in [-0.15, -0.1) is 11.3 Å². The van der Waals surface area contributed by atoms with E-state index in [0.29, 0.717) is 5.92 Å². The largest absolute Gasteiger partial charge is 0.315 e. The minimum absolute atomic E-state index is 0.713. The Labute approximate surface area is 120 Å². The second-order valence-corrected chi connectivity index (χ2v) is 6.64. The molecule has 1 aliphatic carbocycles. The molecule has 18 heavy (non-hydrogen) atoms. The summed E-state index contributed by atoms with van der Waals surface area (Å²) in [7, 11) is 2.00. The molecule has 0 aliphatic heterocycles. The van der Waals surface area contributed by atoms with Crippen LogP contribution in [0.15, 0.2) is 28.7 Å². The number of halogens is 1. The first-order valence-corrected chi connectivity index (χ1v) is 7.79. The van der Waals surface area contributed by atoms with E-state index in [9.17, 15) is 0 Å². The number of rotatable bonds is 4. The summed E-state index contributed by atoms with van der Waals surface area (Å²) in [5, 5.41) is 4.39. The summed E-state index contributed by atoms with van der Waals surface area (Å²) >= 11 is 5.34. The van der Waals surface area contributed by atoms with Crippen LogP contribution in [-0.4, -0.2) is 12.0 Å². The van der Waals surface area contributed by atoms with Crippen molar-refractivity contribution in [3.8, 4) is 10.6 Å². The average molecular weight is 323 g/mol. The van der Waals surface area contributed by atoms with E-state index in [-0.39, 0.29) is 0 Å². The van der Waals surface area contributed by atoms with Gasteiger partial charge in [0, 0.05) is 27.4 Å². The molecule has 0 radical (unpaired) electrons. The van der Waals surface area contributed by atoms with Gasteiger partial charge in [0.1, 0.15) is 5.01 Å². The van der Waals surface area contributed by atoms with E-state index in [4.69, 9.17) is 4.98 Å². The molecule has 0 bridgehead atoms. The van der Waals surface area contributed by atoms with Crippen molar-refractivity contribution >= 4 is 27.3 Å². The van der Waals surface area contributed by atoms with E-state index in [1.165, 1.54) is 29.0 Å². The molecule has 0 atom stereocenters. The fourth-order valence-corrected chi connectivity index (χ4v) is 3.63. The van der Waals surface area contributed by atoms with Gasteiger partial charge < -0.3 is 5.32 Å². The summed E-state index contributed by atoms with van der Waals surface area (Å²) in [6.45, 7) is 0.928. The van der Waals surface area contributed by atoms with Gasteiger partial charge in [-0.05, 0) is 32.0 Å². The number of hydrogen-bond acceptors (Lipinski definition) is 3. The zero-order valence-corrected chi connectivity index (χ0v) is 12.6. The van der Waals surface area contributed by atoms with E-state index in [1.54, 1.807) is 0 Å². The van der Waals surface area contributed by atoms with E-state index in [1.807, 2.05) is 24.5 Å². The van der Waals surface area contributed by atoms with Crippen LogP contribution in [0.3, 0.4) is 0 Å². The first-order valence-electron chi connectivity index (χ1n) is 6.18. The Morgan fingerprint density at radius 3 is 2.94 bits per heavy atom. The monoisotopic (exact) mass is 322 g/mol. The van der Waals surface area contributed by atoms with Crippen LogP contribution < -0.4 is 5.32 Å². The summed E-state index contributed by atoms with van der Waals surface area (Å²) in [5.41, 5.74) is 2.53. The van der Waals surface area contributed by atoms with E-state index < -0.39 is 0 Å². The summed E-state index contributed by atoms with van der Waals surface area (Å²) in [5.74, 6) is 0.713. The highest BCUT2D eigenvalue weighted by Gasteiger charge is 2.29. The third-order valence-electron chi connectivity index (χ3n) is 3.10. The van der Waals surface area contributed by atoms with Crippen molar-refractivity contribution in [1.29, 1.82) is 0 Å². The molecule has 1 N–H and O–H groups in total. The Hall–Kier alpha value is -0.710. The lowest BCUT2D eigenvalue weighted by molar-refractivity contribution is 0.813. The molecule has 1 aliphatic rings. The Bertz CT molecular complexity index is 561. The van der Waals surface area contributed by atoms with E-state index in [2.05, 4.69) is 39.4 Å². The second-order valence-electron chi connectivity index (χ2n) is 4.64. The van der Waals surface area contributed by atoms with Crippen molar-refractivity contribution in [3.05, 3.63) is 39.3 Å². The van der Waals surface area contributed by atoms with Gasteiger partial charge in [0.05, 0.1) is 5.69 Å². The van der Waals surface area contributed by atoms with Crippen LogP contribution in [0, 0.1) is 0 Å². The molecular weight excluding hydrogens is 308 g/mol. The van der Waals surface area contributed by atoms with Crippen LogP contribution in [0.4, 0.5) is 0 Å². The number of nitrogens with one attached hydrogen (secondary N) is 1. The van der Waals surface area contributed by atoms with Gasteiger partial charge >= 0.3 is 0 Å². The predicted octanol–water partition coefficient (Wildman–Crippen LogP) is 4.17. The van der Waals surface area contributed by atoms with Crippen molar-refractivity contribution < 1.29 is 0 Å². The zero-order chi connectivity index (χ0) is 12.5. The standard InChI is InChI=1S/C14H15BrN2S/c1-16-8-12-13(9-5-6-9)17-14(18-12)10-3-2-4-11(15)7-10/h2-4,7,9,16H,5-6,8H2,1H3. The maximum atomic E-state index is 4.86. The summed E-state index contributed by atoms with van der Waals surface area (Å²) in [4.78, 5) is 6.26. The number of aromatic nitrogens is 1. The lowest BCUT2D eigenvalue weighted by Gasteiger charge is -1.97. The van der Waals surface area contributed by atoms with Gasteiger partial charge in [0.15, 0.2) is 0 Å². The third kappa shape index (κ3) is 2.51. The van der Waals surface area contributed by atoms with E-state index >= 15 is 0 Å². The lowest BCUT2D eigenvalue weighted by Crippen LogP contribution is -2.05. The average Bonchev–Trinajstić information content (AvgIpc) is 3.12. The zero-order valence-electron chi connectivity index (χ0n) is 10.2. The maximum Gasteiger partial charge on any atom is 0.123 e. The van der Waals surface area contributed by atoms with Crippen molar-refractivity contribution in [2.75, 3.05) is 7.05 Å². The van der Waals surface area contributed by atoms with Crippen LogP contribution in [0.2, 0.25) is 0 Å². The van der Waals surface area contributed by atoms with Crippen LogP contribution in [0.25, 0.3) is 10.6 Å². The van der Waals surface area contributed by atoms with Crippen LogP contribution >= 0.6 is 27.3 Å². The molecule has 2 nitrogen and oxygen atoms in total. The van der Waals surface area contributed by atoms with Crippen molar-refractivity contribution in [1.82, 2.24) is 10.3 Å². The SMILES string of the molecule is CNCc1sc(-c2cccc(Br)c2)nc1C1CC1. The van der Waals surface area contributed by atoms with Gasteiger partial charge in [0.25, 0.3) is 0 Å². The predicted molar refractivity (Wildman–Crippen MR) is 80.0 cm³/mol. The van der Waals surface area contributed by atoms with Crippen LogP contribution in [0.5, 0.6) is 0 Å². The highest BCUT2D eigenvalue weighted by molar-refractivity contribution is 9.10. The molecule has 0 saturated heterocycles. The molecule has 1 saturated carbocycles. The van der Waals surface area contributed by atoms with Gasteiger partial charge in [-0.1, -0.05) is 28.1 Å². The minimum Gasteiger partial charge on any atom is -0.315 e. The first kappa shape index (κ1) is 12.3. The molecule has 94 valence electrons. The summed E-state index contributed by atoms with van der Waals surface area (Å²) in [6.07, 6.45) is 2.61. The topological polar surface area (TPSA) is 24.9 Å². The molecule has 1 heterocycles. The molecule has 1 fully saturated rings. The molecule has 2 aromatic rings. The van der Waals surface area contributed by atoms with Gasteiger partial charge in [-0.25, -0.2) is 4.98 Å². The molecule has 4 heteroatoms. The van der Waals surface area contributed by atoms with Crippen LogP contribution in [0.1, 0.15) is 29.3 Å². The molecule has 1 aromatic heterocycles. The van der Waals surface area contributed by atoms with Crippen molar-refractivity contribution in [2.24, 2.45) is 0 Å². The van der Waals surface area contributed by atoms with E-state index in [0.717, 1.165) is 16.0 Å². The third-order valence-corrected chi connectivity index (χ3v) is 4.71. The van der Waals surface area contributed by atoms with Gasteiger partial charge in [0.2, 0.25) is 0 Å². The Kier molecular flexibility index (Phi) is 3.50. The number of benzene rings is 1. The molecule has 0 unspecified atom stereocenters. The first-order chi connectivity index (χ1) is 8.78. The number of thiazole rings is 1. The minimum atomic E-state index is 0.713. The van der Waals surface area contributed by atoms with Crippen LogP contribution in [-0.2, 0) is 6.54 Å². The number of hydrogen-bond donors (Lipinski definition) is 1. The maximum absolute atomic E-state index is 4.86. The molecule has 1 aromatic carbocycles. The smallest absolute Gasteiger partial charge is 0.123 e. The quantitative estimate of drug-likeness (QED) is 0.913. The molecule has 0 spiro atoms.